The van der Waals surface area contributed by atoms with Gasteiger partial charge < -0.3 is 5.32 Å². The second kappa shape index (κ2) is 4.68. The van der Waals surface area contributed by atoms with Crippen LogP contribution < -0.4 is 5.32 Å². The fraction of sp³-hybridized carbons (Fsp3) is 0.333. The third kappa shape index (κ3) is 2.60. The molecule has 0 aliphatic carbocycles. The Balaban J connectivity index is 2.75. The molecule has 0 aliphatic heterocycles. The van der Waals surface area contributed by atoms with E-state index in [1.54, 1.807) is 6.92 Å². The van der Waals surface area contributed by atoms with Gasteiger partial charge in [-0.05, 0) is 13.8 Å². The topological polar surface area (TPSA) is 37.8 Å². The first kappa shape index (κ1) is 9.82. The van der Waals surface area contributed by atoms with Crippen LogP contribution in [0.3, 0.4) is 0 Å². The molecule has 0 fully saturated rings. The number of halogens is 1. The minimum Gasteiger partial charge on any atom is -0.359 e. The Hall–Kier alpha value is -1.27. The Kier molecular flexibility index (Phi) is 3.53. The molecule has 1 rings (SSSR count). The summed E-state index contributed by atoms with van der Waals surface area (Å²) in [7, 11) is 0. The predicted octanol–water partition coefficient (Wildman–Crippen LogP) is 1.87. The molecule has 1 aromatic heterocycles. The normalized spacial score (nSPS) is 8.85. The molecule has 0 bridgehead atoms. The van der Waals surface area contributed by atoms with Gasteiger partial charge >= 0.3 is 0 Å². The molecular weight excluding hydrogens is 186 g/mol. The van der Waals surface area contributed by atoms with E-state index in [1.165, 1.54) is 6.33 Å². The largest absolute Gasteiger partial charge is 0.359 e. The van der Waals surface area contributed by atoms with Crippen LogP contribution >= 0.6 is 11.6 Å². The van der Waals surface area contributed by atoms with E-state index >= 15 is 0 Å². The van der Waals surface area contributed by atoms with Gasteiger partial charge in [-0.2, -0.15) is 0 Å². The lowest BCUT2D eigenvalue weighted by Crippen LogP contribution is -2.03. The van der Waals surface area contributed by atoms with Gasteiger partial charge in [0.2, 0.25) is 0 Å². The van der Waals surface area contributed by atoms with E-state index in [0.29, 0.717) is 11.7 Å². The molecule has 1 heterocycles. The summed E-state index contributed by atoms with van der Waals surface area (Å²) in [5.74, 6) is 6.40. The third-order valence-corrected chi connectivity index (χ3v) is 1.92. The summed E-state index contributed by atoms with van der Waals surface area (Å²) in [5, 5.41) is 3.52. The molecule has 0 saturated heterocycles. The summed E-state index contributed by atoms with van der Waals surface area (Å²) in [4.78, 5) is 7.88. The van der Waals surface area contributed by atoms with Crippen LogP contribution in [0.2, 0.25) is 5.15 Å². The van der Waals surface area contributed by atoms with E-state index in [-0.39, 0.29) is 0 Å². The average Bonchev–Trinajstić information content (AvgIpc) is 2.13. The predicted molar refractivity (Wildman–Crippen MR) is 53.7 cm³/mol. The zero-order valence-electron chi connectivity index (χ0n) is 7.56. The molecule has 0 atom stereocenters. The number of rotatable bonds is 2. The van der Waals surface area contributed by atoms with E-state index in [0.717, 1.165) is 11.4 Å². The maximum absolute atomic E-state index is 5.80. The van der Waals surface area contributed by atoms with Crippen LogP contribution in [0.15, 0.2) is 6.33 Å². The number of hydrogen-bond acceptors (Lipinski definition) is 3. The number of hydrogen-bond donors (Lipinski definition) is 1. The highest BCUT2D eigenvalue weighted by atomic mass is 35.5. The lowest BCUT2D eigenvalue weighted by Gasteiger charge is -2.04. The van der Waals surface area contributed by atoms with Crippen LogP contribution in [0.25, 0.3) is 0 Å². The molecule has 0 radical (unpaired) electrons. The van der Waals surface area contributed by atoms with Crippen LogP contribution in [0.5, 0.6) is 0 Å². The van der Waals surface area contributed by atoms with Crippen molar-refractivity contribution in [2.24, 2.45) is 0 Å². The number of aromatic nitrogens is 2. The number of nitrogens with zero attached hydrogens (tertiary/aromatic N) is 2. The van der Waals surface area contributed by atoms with Gasteiger partial charge in [-0.15, -0.1) is 5.92 Å². The Labute approximate surface area is 82.5 Å². The van der Waals surface area contributed by atoms with Crippen molar-refractivity contribution in [3.8, 4) is 11.8 Å². The van der Waals surface area contributed by atoms with Crippen LogP contribution in [0.1, 0.15) is 12.5 Å². The van der Waals surface area contributed by atoms with Crippen molar-refractivity contribution in [3.05, 3.63) is 17.0 Å². The minimum absolute atomic E-state index is 0.474. The van der Waals surface area contributed by atoms with Gasteiger partial charge in [-0.1, -0.05) is 17.5 Å². The van der Waals surface area contributed by atoms with Crippen LogP contribution in [0, 0.1) is 18.8 Å². The average molecular weight is 196 g/mol. The van der Waals surface area contributed by atoms with Crippen molar-refractivity contribution in [2.45, 2.75) is 13.8 Å². The van der Waals surface area contributed by atoms with Gasteiger partial charge in [0.25, 0.3) is 0 Å². The quantitative estimate of drug-likeness (QED) is 0.579. The van der Waals surface area contributed by atoms with Gasteiger partial charge in [-0.3, -0.25) is 0 Å². The Bertz CT molecular complexity index is 352. The van der Waals surface area contributed by atoms with Crippen molar-refractivity contribution in [1.82, 2.24) is 9.97 Å². The summed E-state index contributed by atoms with van der Waals surface area (Å²) in [6, 6.07) is 0. The molecule has 1 N–H and O–H groups in total. The first-order chi connectivity index (χ1) is 6.25. The molecule has 0 amide bonds. The molecule has 1 aromatic rings. The summed E-state index contributed by atoms with van der Waals surface area (Å²) in [6.07, 6.45) is 1.43. The zero-order valence-corrected chi connectivity index (χ0v) is 8.31. The molecular formula is C9H10ClN3. The Morgan fingerprint density at radius 2 is 2.31 bits per heavy atom. The lowest BCUT2D eigenvalue weighted by atomic mass is 10.3. The van der Waals surface area contributed by atoms with E-state index in [2.05, 4.69) is 27.1 Å². The fourth-order valence-electron chi connectivity index (χ4n) is 0.823. The molecule has 68 valence electrons. The minimum atomic E-state index is 0.474. The second-order valence-electron chi connectivity index (χ2n) is 2.42. The number of anilines is 1. The highest BCUT2D eigenvalue weighted by Crippen LogP contribution is 2.17. The van der Waals surface area contributed by atoms with Gasteiger partial charge in [0.15, 0.2) is 0 Å². The Morgan fingerprint density at radius 1 is 1.54 bits per heavy atom. The second-order valence-corrected chi connectivity index (χ2v) is 2.78. The molecule has 0 aromatic carbocycles. The highest BCUT2D eigenvalue weighted by Gasteiger charge is 2.02. The van der Waals surface area contributed by atoms with Crippen molar-refractivity contribution in [1.29, 1.82) is 0 Å². The summed E-state index contributed by atoms with van der Waals surface area (Å²) in [5.41, 5.74) is 0.849. The molecule has 0 spiro atoms. The van der Waals surface area contributed by atoms with E-state index in [1.807, 2.05) is 6.92 Å². The van der Waals surface area contributed by atoms with E-state index in [4.69, 9.17) is 11.6 Å². The standard InChI is InChI=1S/C9H10ClN3/c1-3-4-5-11-9-7(2)8(10)12-6-13-9/h6H,5H2,1-2H3,(H,11,12,13). The van der Waals surface area contributed by atoms with Gasteiger partial charge in [0, 0.05) is 5.56 Å². The molecule has 0 aliphatic rings. The molecule has 3 nitrogen and oxygen atoms in total. The van der Waals surface area contributed by atoms with E-state index in [9.17, 15) is 0 Å². The monoisotopic (exact) mass is 195 g/mol. The lowest BCUT2D eigenvalue weighted by molar-refractivity contribution is 1.11. The van der Waals surface area contributed by atoms with Crippen LogP contribution in [-0.4, -0.2) is 16.5 Å². The van der Waals surface area contributed by atoms with Gasteiger partial charge in [0.05, 0.1) is 6.54 Å². The highest BCUT2D eigenvalue weighted by molar-refractivity contribution is 6.30. The molecule has 4 heteroatoms. The third-order valence-electron chi connectivity index (χ3n) is 1.54. The van der Waals surface area contributed by atoms with Crippen LogP contribution in [-0.2, 0) is 0 Å². The number of nitrogens with one attached hydrogen (secondary N) is 1. The van der Waals surface area contributed by atoms with Gasteiger partial charge in [0.1, 0.15) is 17.3 Å². The summed E-state index contributed by atoms with van der Waals surface area (Å²) >= 11 is 5.80. The SMILES string of the molecule is CC#CCNc1ncnc(Cl)c1C. The molecule has 0 unspecified atom stereocenters. The Morgan fingerprint density at radius 3 is 3.00 bits per heavy atom. The molecule has 13 heavy (non-hydrogen) atoms. The first-order valence-corrected chi connectivity index (χ1v) is 4.24. The maximum atomic E-state index is 5.80. The summed E-state index contributed by atoms with van der Waals surface area (Å²) < 4.78 is 0. The smallest absolute Gasteiger partial charge is 0.137 e. The van der Waals surface area contributed by atoms with Crippen LogP contribution in [0.4, 0.5) is 5.82 Å². The molecule has 0 saturated carbocycles. The van der Waals surface area contributed by atoms with Crippen molar-refractivity contribution < 1.29 is 0 Å². The van der Waals surface area contributed by atoms with Crippen molar-refractivity contribution in [3.63, 3.8) is 0 Å². The van der Waals surface area contributed by atoms with Gasteiger partial charge in [-0.25, -0.2) is 9.97 Å². The zero-order chi connectivity index (χ0) is 9.68. The van der Waals surface area contributed by atoms with E-state index < -0.39 is 0 Å². The van der Waals surface area contributed by atoms with Crippen molar-refractivity contribution >= 4 is 17.4 Å². The van der Waals surface area contributed by atoms with Crippen molar-refractivity contribution in [2.75, 3.05) is 11.9 Å². The fourth-order valence-corrected chi connectivity index (χ4v) is 0.956. The first-order valence-electron chi connectivity index (χ1n) is 3.86. The summed E-state index contributed by atoms with van der Waals surface area (Å²) in [6.45, 7) is 4.23. The maximum Gasteiger partial charge on any atom is 0.137 e.